The van der Waals surface area contributed by atoms with E-state index in [0.29, 0.717) is 12.3 Å². The van der Waals surface area contributed by atoms with E-state index in [2.05, 4.69) is 27.0 Å². The molecule has 1 aliphatic heterocycles. The van der Waals surface area contributed by atoms with E-state index in [0.717, 1.165) is 31.5 Å². The molecule has 7 heteroatoms. The number of halogens is 1. The highest BCUT2D eigenvalue weighted by Gasteiger charge is 2.42. The van der Waals surface area contributed by atoms with Crippen LogP contribution in [-0.4, -0.2) is 41.1 Å². The summed E-state index contributed by atoms with van der Waals surface area (Å²) in [5.74, 6) is 0.831. The molecule has 0 N–H and O–H groups in total. The van der Waals surface area contributed by atoms with E-state index in [-0.39, 0.29) is 29.4 Å². The number of carbonyl (C=O) groups excluding carboxylic acids is 1. The number of anilines is 2. The van der Waals surface area contributed by atoms with Crippen molar-refractivity contribution in [3.05, 3.63) is 47.4 Å². The van der Waals surface area contributed by atoms with Crippen LogP contribution in [0, 0.1) is 0 Å². The zero-order valence-electron chi connectivity index (χ0n) is 16.2. The summed E-state index contributed by atoms with van der Waals surface area (Å²) in [5.41, 5.74) is 1.89. The maximum Gasteiger partial charge on any atom is 0.249 e. The Bertz CT molecular complexity index is 848. The van der Waals surface area contributed by atoms with Crippen molar-refractivity contribution in [2.24, 2.45) is 0 Å². The molecule has 28 heavy (non-hydrogen) atoms. The number of likely N-dealkylation sites (N-methyl/N-ethyl adjacent to an activating group) is 1. The number of hydrogen-bond donors (Lipinski definition) is 0. The van der Waals surface area contributed by atoms with Crippen LogP contribution in [0.5, 0.6) is 0 Å². The van der Waals surface area contributed by atoms with Gasteiger partial charge in [0, 0.05) is 13.1 Å². The highest BCUT2D eigenvalue weighted by atomic mass is 35.5. The number of amides is 1. The first kappa shape index (κ1) is 19.2. The molecule has 2 aliphatic rings. The van der Waals surface area contributed by atoms with Crippen LogP contribution in [0.15, 0.2) is 36.5 Å². The third-order valence-corrected chi connectivity index (χ3v) is 5.93. The fourth-order valence-corrected chi connectivity index (χ4v) is 4.42. The van der Waals surface area contributed by atoms with Gasteiger partial charge in [0.15, 0.2) is 5.82 Å². The summed E-state index contributed by atoms with van der Waals surface area (Å²) < 4.78 is 6.16. The van der Waals surface area contributed by atoms with E-state index in [4.69, 9.17) is 16.3 Å². The number of fused-ring (bicyclic) bond motifs is 1. The van der Waals surface area contributed by atoms with Gasteiger partial charge in [0.25, 0.3) is 0 Å². The number of rotatable bonds is 5. The second kappa shape index (κ2) is 8.05. The molecule has 4 rings (SSSR count). The average molecular weight is 401 g/mol. The van der Waals surface area contributed by atoms with E-state index in [1.807, 2.05) is 25.1 Å². The third-order valence-electron chi connectivity index (χ3n) is 5.74. The van der Waals surface area contributed by atoms with E-state index >= 15 is 0 Å². The van der Waals surface area contributed by atoms with Crippen molar-refractivity contribution in [3.63, 3.8) is 0 Å². The molecule has 2 heterocycles. The molecule has 2 aromatic rings. The molecule has 1 aliphatic carbocycles. The van der Waals surface area contributed by atoms with Gasteiger partial charge in [-0.2, -0.15) is 4.98 Å². The predicted octanol–water partition coefficient (Wildman–Crippen LogP) is 3.83. The van der Waals surface area contributed by atoms with Crippen molar-refractivity contribution in [1.29, 1.82) is 0 Å². The van der Waals surface area contributed by atoms with E-state index in [1.54, 1.807) is 18.1 Å². The van der Waals surface area contributed by atoms with E-state index in [1.165, 1.54) is 5.56 Å². The molecule has 0 spiro atoms. The van der Waals surface area contributed by atoms with Crippen molar-refractivity contribution >= 4 is 29.0 Å². The Morgan fingerprint density at radius 2 is 2.04 bits per heavy atom. The zero-order valence-corrected chi connectivity index (χ0v) is 17.0. The van der Waals surface area contributed by atoms with E-state index in [9.17, 15) is 4.79 Å². The standard InChI is InChI=1S/C21H25ClN4O2/c1-3-17-20(27)25(2)18-12-23-21(22)24-19(18)26(17)15-9-10-16(11-15)28-13-14-7-5-4-6-8-14/h4-8,12,15-17H,3,9-11,13H2,1-2H3. The number of hydrogen-bond acceptors (Lipinski definition) is 5. The first-order valence-electron chi connectivity index (χ1n) is 9.82. The Balaban J connectivity index is 1.53. The molecule has 1 aromatic carbocycles. The molecular weight excluding hydrogens is 376 g/mol. The topological polar surface area (TPSA) is 58.6 Å². The summed E-state index contributed by atoms with van der Waals surface area (Å²) in [6, 6.07) is 10.2. The molecular formula is C21H25ClN4O2. The molecule has 3 atom stereocenters. The Hall–Kier alpha value is -2.18. The Kier molecular flexibility index (Phi) is 5.51. The minimum absolute atomic E-state index is 0.0783. The highest BCUT2D eigenvalue weighted by Crippen LogP contribution is 2.40. The number of nitrogens with zero attached hydrogens (tertiary/aromatic N) is 4. The first-order valence-corrected chi connectivity index (χ1v) is 10.2. The van der Waals surface area contributed by atoms with Gasteiger partial charge in [-0.05, 0) is 42.8 Å². The zero-order chi connectivity index (χ0) is 19.7. The number of aromatic nitrogens is 2. The monoisotopic (exact) mass is 400 g/mol. The van der Waals surface area contributed by atoms with Gasteiger partial charge < -0.3 is 14.5 Å². The van der Waals surface area contributed by atoms with Crippen molar-refractivity contribution in [2.45, 2.75) is 57.4 Å². The number of carbonyl (C=O) groups is 1. The maximum atomic E-state index is 12.9. The predicted molar refractivity (Wildman–Crippen MR) is 110 cm³/mol. The van der Waals surface area contributed by atoms with Gasteiger partial charge in [-0.1, -0.05) is 37.3 Å². The van der Waals surface area contributed by atoms with Crippen LogP contribution in [0.4, 0.5) is 11.5 Å². The molecule has 1 amide bonds. The van der Waals surface area contributed by atoms with Crippen molar-refractivity contribution in [3.8, 4) is 0 Å². The average Bonchev–Trinajstić information content (AvgIpc) is 3.18. The van der Waals surface area contributed by atoms with Gasteiger partial charge in [-0.25, -0.2) is 4.98 Å². The van der Waals surface area contributed by atoms with Crippen LogP contribution in [0.3, 0.4) is 0 Å². The molecule has 0 radical (unpaired) electrons. The molecule has 1 aromatic heterocycles. The summed E-state index contributed by atoms with van der Waals surface area (Å²) >= 11 is 6.09. The lowest BCUT2D eigenvalue weighted by Gasteiger charge is -2.43. The Labute approximate surface area is 170 Å². The van der Waals surface area contributed by atoms with Crippen LogP contribution in [0.25, 0.3) is 0 Å². The second-order valence-corrected chi connectivity index (χ2v) is 7.80. The molecule has 0 saturated heterocycles. The van der Waals surface area contributed by atoms with Crippen molar-refractivity contribution in [2.75, 3.05) is 16.8 Å². The molecule has 1 fully saturated rings. The molecule has 148 valence electrons. The van der Waals surface area contributed by atoms with Gasteiger partial charge >= 0.3 is 0 Å². The molecule has 0 bridgehead atoms. The largest absolute Gasteiger partial charge is 0.373 e. The summed E-state index contributed by atoms with van der Waals surface area (Å²) in [6.07, 6.45) is 5.35. The smallest absolute Gasteiger partial charge is 0.249 e. The van der Waals surface area contributed by atoms with Gasteiger partial charge in [0.05, 0.1) is 18.9 Å². The summed E-state index contributed by atoms with van der Waals surface area (Å²) in [4.78, 5) is 25.3. The van der Waals surface area contributed by atoms with Gasteiger partial charge in [0.2, 0.25) is 11.2 Å². The summed E-state index contributed by atoms with van der Waals surface area (Å²) in [5, 5.41) is 0.205. The third kappa shape index (κ3) is 3.59. The first-order chi connectivity index (χ1) is 13.6. The van der Waals surface area contributed by atoms with Crippen LogP contribution in [-0.2, 0) is 16.1 Å². The van der Waals surface area contributed by atoms with Gasteiger partial charge in [0.1, 0.15) is 11.7 Å². The molecule has 3 unspecified atom stereocenters. The minimum atomic E-state index is -0.235. The highest BCUT2D eigenvalue weighted by molar-refractivity contribution is 6.28. The molecule has 1 saturated carbocycles. The van der Waals surface area contributed by atoms with Gasteiger partial charge in [-0.15, -0.1) is 0 Å². The van der Waals surface area contributed by atoms with Crippen molar-refractivity contribution < 1.29 is 9.53 Å². The van der Waals surface area contributed by atoms with Crippen LogP contribution in [0.1, 0.15) is 38.2 Å². The SMILES string of the molecule is CCC1C(=O)N(C)c2cnc(Cl)nc2N1C1CCC(OCc2ccccc2)C1. The number of ether oxygens (including phenoxy) is 1. The lowest BCUT2D eigenvalue weighted by molar-refractivity contribution is -0.120. The van der Waals surface area contributed by atoms with Crippen LogP contribution >= 0.6 is 11.6 Å². The number of benzene rings is 1. The van der Waals surface area contributed by atoms with Crippen molar-refractivity contribution in [1.82, 2.24) is 9.97 Å². The minimum Gasteiger partial charge on any atom is -0.373 e. The van der Waals surface area contributed by atoms with Gasteiger partial charge in [-0.3, -0.25) is 4.79 Å². The Morgan fingerprint density at radius 1 is 1.25 bits per heavy atom. The summed E-state index contributed by atoms with van der Waals surface area (Å²) in [7, 11) is 1.78. The second-order valence-electron chi connectivity index (χ2n) is 7.46. The fourth-order valence-electron chi connectivity index (χ4n) is 4.29. The van der Waals surface area contributed by atoms with Crippen LogP contribution in [0.2, 0.25) is 5.28 Å². The molecule has 6 nitrogen and oxygen atoms in total. The lowest BCUT2D eigenvalue weighted by Crippen LogP contribution is -2.55. The maximum absolute atomic E-state index is 12.9. The fraction of sp³-hybridized carbons (Fsp3) is 0.476. The quantitative estimate of drug-likeness (QED) is 0.714. The van der Waals surface area contributed by atoms with Crippen LogP contribution < -0.4 is 9.80 Å². The summed E-state index contributed by atoms with van der Waals surface area (Å²) in [6.45, 7) is 2.65. The normalized spacial score (nSPS) is 24.5. The van der Waals surface area contributed by atoms with E-state index < -0.39 is 0 Å². The lowest BCUT2D eigenvalue weighted by atomic mass is 10.0. The Morgan fingerprint density at radius 3 is 2.79 bits per heavy atom.